The maximum Gasteiger partial charge on any atom is 0.240 e. The van der Waals surface area contributed by atoms with Crippen LogP contribution in [-0.2, 0) is 27.7 Å². The zero-order chi connectivity index (χ0) is 19.7. The Labute approximate surface area is 177 Å². The molecule has 0 saturated heterocycles. The van der Waals surface area contributed by atoms with Crippen molar-refractivity contribution in [1.29, 1.82) is 0 Å². The number of aryl methyl sites for hydroxylation is 1. The normalized spacial score (nSPS) is 16.1. The van der Waals surface area contributed by atoms with E-state index >= 15 is 0 Å². The average molecular weight is 436 g/mol. The number of carbonyl (C=O) groups is 1. The molecule has 0 bridgehead atoms. The molecule has 156 valence electrons. The van der Waals surface area contributed by atoms with Crippen LogP contribution >= 0.6 is 12.4 Å². The predicted octanol–water partition coefficient (Wildman–Crippen LogP) is 3.04. The first-order chi connectivity index (χ1) is 13.4. The highest BCUT2D eigenvalue weighted by Crippen LogP contribution is 2.31. The lowest BCUT2D eigenvalue weighted by Gasteiger charge is -2.30. The molecule has 0 atom stereocenters. The number of nitrogens with zero attached hydrogens (tertiary/aromatic N) is 1. The number of nitrogen functional groups attached to an aromatic ring is 1. The number of benzene rings is 2. The molecule has 1 heterocycles. The Kier molecular flexibility index (Phi) is 6.51. The lowest BCUT2D eigenvalue weighted by Crippen LogP contribution is -2.35. The second-order valence-electron chi connectivity index (χ2n) is 7.53. The molecular formula is C21H26ClN3O3S. The van der Waals surface area contributed by atoms with Crippen LogP contribution in [0, 0.1) is 0 Å². The number of carbonyl (C=O) groups excluding carboxylic acids is 1. The van der Waals surface area contributed by atoms with Crippen molar-refractivity contribution >= 4 is 39.7 Å². The molecule has 0 radical (unpaired) electrons. The van der Waals surface area contributed by atoms with E-state index in [1.54, 1.807) is 24.3 Å². The summed E-state index contributed by atoms with van der Waals surface area (Å²) in [6.45, 7) is 0.708. The SMILES string of the molecule is Cl.Nc1cccc2c1CCCN2C(=O)CCc1ccc(S(=O)(=O)NC2CC2)cc1. The molecule has 2 aliphatic rings. The van der Waals surface area contributed by atoms with Gasteiger partial charge in [0.1, 0.15) is 0 Å². The van der Waals surface area contributed by atoms with Gasteiger partial charge in [-0.1, -0.05) is 18.2 Å². The first-order valence-corrected chi connectivity index (χ1v) is 11.2. The number of anilines is 2. The highest BCUT2D eigenvalue weighted by molar-refractivity contribution is 7.89. The minimum absolute atomic E-state index is 0. The first-order valence-electron chi connectivity index (χ1n) is 9.73. The van der Waals surface area contributed by atoms with E-state index in [9.17, 15) is 13.2 Å². The molecule has 1 amide bonds. The van der Waals surface area contributed by atoms with Crippen LogP contribution in [0.5, 0.6) is 0 Å². The number of fused-ring (bicyclic) bond motifs is 1. The first kappa shape index (κ1) is 21.6. The van der Waals surface area contributed by atoms with Crippen LogP contribution in [0.4, 0.5) is 11.4 Å². The van der Waals surface area contributed by atoms with Crippen LogP contribution in [0.25, 0.3) is 0 Å². The summed E-state index contributed by atoms with van der Waals surface area (Å²) in [6.07, 6.45) is 4.57. The number of nitrogens with two attached hydrogens (primary N) is 1. The smallest absolute Gasteiger partial charge is 0.240 e. The van der Waals surface area contributed by atoms with E-state index in [0.29, 0.717) is 19.4 Å². The standard InChI is InChI=1S/C21H25N3O3S.ClH/c22-19-4-1-5-20-18(19)3-2-14-24(20)21(25)13-8-15-6-11-17(12-7-15)28(26,27)23-16-9-10-16;/h1,4-7,11-12,16,23H,2-3,8-10,13-14,22H2;1H. The summed E-state index contributed by atoms with van der Waals surface area (Å²) < 4.78 is 27.1. The third-order valence-corrected chi connectivity index (χ3v) is 6.88. The second-order valence-corrected chi connectivity index (χ2v) is 9.25. The van der Waals surface area contributed by atoms with Gasteiger partial charge in [-0.3, -0.25) is 4.79 Å². The molecule has 2 aromatic carbocycles. The van der Waals surface area contributed by atoms with E-state index in [1.165, 1.54) is 0 Å². The zero-order valence-corrected chi connectivity index (χ0v) is 17.8. The molecule has 1 aliphatic heterocycles. The molecule has 8 heteroatoms. The number of amides is 1. The summed E-state index contributed by atoms with van der Waals surface area (Å²) in [7, 11) is -3.44. The van der Waals surface area contributed by atoms with Gasteiger partial charge in [-0.15, -0.1) is 12.4 Å². The van der Waals surface area contributed by atoms with Crippen molar-refractivity contribution in [2.24, 2.45) is 0 Å². The van der Waals surface area contributed by atoms with E-state index in [2.05, 4.69) is 4.72 Å². The number of nitrogens with one attached hydrogen (secondary N) is 1. The summed E-state index contributed by atoms with van der Waals surface area (Å²) >= 11 is 0. The van der Waals surface area contributed by atoms with Crippen molar-refractivity contribution in [3.63, 3.8) is 0 Å². The Balaban J connectivity index is 0.00000240. The Hall–Kier alpha value is -2.09. The third kappa shape index (κ3) is 4.91. The molecule has 0 spiro atoms. The molecule has 2 aromatic rings. The molecule has 1 saturated carbocycles. The molecule has 29 heavy (non-hydrogen) atoms. The molecule has 3 N–H and O–H groups in total. The van der Waals surface area contributed by atoms with Crippen molar-refractivity contribution < 1.29 is 13.2 Å². The Morgan fingerprint density at radius 2 is 1.86 bits per heavy atom. The van der Waals surface area contributed by atoms with Gasteiger partial charge in [0.05, 0.1) is 4.90 Å². The highest BCUT2D eigenvalue weighted by atomic mass is 35.5. The fraction of sp³-hybridized carbons (Fsp3) is 0.381. The number of sulfonamides is 1. The number of hydrogen-bond donors (Lipinski definition) is 2. The topological polar surface area (TPSA) is 92.5 Å². The quantitative estimate of drug-likeness (QED) is 0.682. The lowest BCUT2D eigenvalue weighted by atomic mass is 9.99. The summed E-state index contributed by atoms with van der Waals surface area (Å²) in [5.74, 6) is 0.0682. The van der Waals surface area contributed by atoms with Crippen LogP contribution in [-0.4, -0.2) is 26.9 Å². The minimum Gasteiger partial charge on any atom is -0.398 e. The predicted molar refractivity (Wildman–Crippen MR) is 117 cm³/mol. The number of halogens is 1. The van der Waals surface area contributed by atoms with Crippen LogP contribution in [0.15, 0.2) is 47.4 Å². The van der Waals surface area contributed by atoms with Crippen LogP contribution in [0.2, 0.25) is 0 Å². The third-order valence-electron chi connectivity index (χ3n) is 5.35. The van der Waals surface area contributed by atoms with Gasteiger partial charge in [0, 0.05) is 30.4 Å². The number of hydrogen-bond acceptors (Lipinski definition) is 4. The Morgan fingerprint density at radius 3 is 2.55 bits per heavy atom. The molecule has 4 rings (SSSR count). The summed E-state index contributed by atoms with van der Waals surface area (Å²) in [5.41, 5.74) is 9.73. The van der Waals surface area contributed by atoms with E-state index < -0.39 is 10.0 Å². The van der Waals surface area contributed by atoms with Gasteiger partial charge >= 0.3 is 0 Å². The van der Waals surface area contributed by atoms with Gasteiger partial charge in [0.25, 0.3) is 0 Å². The molecule has 6 nitrogen and oxygen atoms in total. The lowest BCUT2D eigenvalue weighted by molar-refractivity contribution is -0.118. The fourth-order valence-electron chi connectivity index (χ4n) is 3.62. The van der Waals surface area contributed by atoms with Crippen LogP contribution < -0.4 is 15.4 Å². The maximum absolute atomic E-state index is 12.8. The van der Waals surface area contributed by atoms with Crippen molar-refractivity contribution in [3.8, 4) is 0 Å². The molecular weight excluding hydrogens is 410 g/mol. The Morgan fingerprint density at radius 1 is 1.14 bits per heavy atom. The zero-order valence-electron chi connectivity index (χ0n) is 16.1. The summed E-state index contributed by atoms with van der Waals surface area (Å²) in [5, 5.41) is 0. The van der Waals surface area contributed by atoms with Crippen molar-refractivity contribution in [2.45, 2.75) is 49.5 Å². The van der Waals surface area contributed by atoms with Crippen molar-refractivity contribution in [1.82, 2.24) is 4.72 Å². The molecule has 1 fully saturated rings. The van der Waals surface area contributed by atoms with E-state index in [4.69, 9.17) is 5.73 Å². The van der Waals surface area contributed by atoms with Gasteiger partial charge in [-0.2, -0.15) is 0 Å². The van der Waals surface area contributed by atoms with Gasteiger partial charge in [0.2, 0.25) is 15.9 Å². The molecule has 0 aromatic heterocycles. The fourth-order valence-corrected chi connectivity index (χ4v) is 4.93. The summed E-state index contributed by atoms with van der Waals surface area (Å²) in [4.78, 5) is 14.9. The average Bonchev–Trinajstić information content (AvgIpc) is 3.50. The van der Waals surface area contributed by atoms with Gasteiger partial charge in [-0.25, -0.2) is 13.1 Å². The highest BCUT2D eigenvalue weighted by Gasteiger charge is 2.28. The summed E-state index contributed by atoms with van der Waals surface area (Å²) in [6, 6.07) is 12.6. The van der Waals surface area contributed by atoms with Gasteiger partial charge in [0.15, 0.2) is 0 Å². The van der Waals surface area contributed by atoms with Crippen LogP contribution in [0.1, 0.15) is 36.8 Å². The second kappa shape index (κ2) is 8.73. The van der Waals surface area contributed by atoms with Gasteiger partial charge < -0.3 is 10.6 Å². The van der Waals surface area contributed by atoms with Gasteiger partial charge in [-0.05, 0) is 67.5 Å². The van der Waals surface area contributed by atoms with E-state index in [1.807, 2.05) is 23.1 Å². The minimum atomic E-state index is -3.44. The van der Waals surface area contributed by atoms with E-state index in [0.717, 1.165) is 48.2 Å². The number of rotatable bonds is 6. The Bertz CT molecular complexity index is 989. The molecule has 1 aliphatic carbocycles. The molecule has 0 unspecified atom stereocenters. The van der Waals surface area contributed by atoms with E-state index in [-0.39, 0.29) is 29.3 Å². The maximum atomic E-state index is 12.8. The largest absolute Gasteiger partial charge is 0.398 e. The van der Waals surface area contributed by atoms with Crippen molar-refractivity contribution in [2.75, 3.05) is 17.2 Å². The van der Waals surface area contributed by atoms with Crippen molar-refractivity contribution in [3.05, 3.63) is 53.6 Å². The van der Waals surface area contributed by atoms with Crippen LogP contribution in [0.3, 0.4) is 0 Å². The monoisotopic (exact) mass is 435 g/mol.